The van der Waals surface area contributed by atoms with E-state index in [-0.39, 0.29) is 12.3 Å². The fraction of sp³-hybridized carbons (Fsp3) is 0.625. The minimum Gasteiger partial charge on any atom is -0.426 e. The summed E-state index contributed by atoms with van der Waals surface area (Å²) in [5.74, 6) is -2.28. The molecule has 0 spiro atoms. The molecule has 3 amide bonds. The molecule has 4 N–H and O–H groups in total. The van der Waals surface area contributed by atoms with E-state index in [9.17, 15) is 24.4 Å². The minimum atomic E-state index is -1.78. The molecule has 1 aromatic rings. The molecule has 1 unspecified atom stereocenters. The summed E-state index contributed by atoms with van der Waals surface area (Å²) in [6.45, 7) is 2.16. The third-order valence-electron chi connectivity index (χ3n) is 6.36. The van der Waals surface area contributed by atoms with Crippen LogP contribution in [0.15, 0.2) is 30.3 Å². The number of hydrogen-bond acceptors (Lipinski definition) is 7. The summed E-state index contributed by atoms with van der Waals surface area (Å²) in [6, 6.07) is 8.61. The molecule has 11 heteroatoms. The second-order valence-electron chi connectivity index (χ2n) is 9.02. The van der Waals surface area contributed by atoms with Crippen LogP contribution in [-0.4, -0.2) is 90.8 Å². The van der Waals surface area contributed by atoms with Gasteiger partial charge in [0.25, 0.3) is 0 Å². The van der Waals surface area contributed by atoms with Gasteiger partial charge in [-0.3, -0.25) is 14.4 Å². The Hall–Kier alpha value is -2.47. The number of amides is 3. The molecule has 0 aromatic heterocycles. The summed E-state index contributed by atoms with van der Waals surface area (Å²) in [5.41, 5.74) is 1.11. The minimum absolute atomic E-state index is 0.234. The normalized spacial score (nSPS) is 19.9. The predicted octanol–water partition coefficient (Wildman–Crippen LogP) is -0.191. The quantitative estimate of drug-likeness (QED) is 0.316. The molecule has 0 saturated carbocycles. The van der Waals surface area contributed by atoms with Crippen LogP contribution >= 0.6 is 0 Å². The van der Waals surface area contributed by atoms with Gasteiger partial charge in [0.2, 0.25) is 17.7 Å². The van der Waals surface area contributed by atoms with Gasteiger partial charge in [0.1, 0.15) is 12.1 Å². The molecular formula is C24H36BN3O7. The average molecular weight is 489 g/mol. The summed E-state index contributed by atoms with van der Waals surface area (Å²) in [4.78, 5) is 40.3. The molecule has 3 atom stereocenters. The van der Waals surface area contributed by atoms with Crippen molar-refractivity contribution < 1.29 is 33.9 Å². The van der Waals surface area contributed by atoms with Gasteiger partial charge < -0.3 is 35.1 Å². The van der Waals surface area contributed by atoms with Crippen LogP contribution in [0.1, 0.15) is 44.1 Å². The summed E-state index contributed by atoms with van der Waals surface area (Å²) in [7, 11) is -1.78. The molecule has 2 aliphatic heterocycles. The Labute approximate surface area is 206 Å². The summed E-state index contributed by atoms with van der Waals surface area (Å²) in [5, 5.41) is 25.0. The number of ether oxygens (including phenoxy) is 2. The largest absolute Gasteiger partial charge is 0.475 e. The van der Waals surface area contributed by atoms with E-state index in [0.29, 0.717) is 58.6 Å². The lowest BCUT2D eigenvalue weighted by molar-refractivity contribution is -0.142. The van der Waals surface area contributed by atoms with Crippen LogP contribution in [0.25, 0.3) is 0 Å². The number of benzene rings is 1. The number of morpholine rings is 1. The van der Waals surface area contributed by atoms with E-state index in [1.54, 1.807) is 4.90 Å². The summed E-state index contributed by atoms with van der Waals surface area (Å²) in [6.07, 6.45) is 3.03. The van der Waals surface area contributed by atoms with Crippen molar-refractivity contribution in [3.63, 3.8) is 0 Å². The van der Waals surface area contributed by atoms with Crippen LogP contribution < -0.4 is 10.6 Å². The van der Waals surface area contributed by atoms with Crippen LogP contribution in [0.5, 0.6) is 0 Å². The van der Waals surface area contributed by atoms with Crippen molar-refractivity contribution in [3.05, 3.63) is 35.9 Å². The molecule has 2 saturated heterocycles. The fourth-order valence-electron chi connectivity index (χ4n) is 4.29. The smallest absolute Gasteiger partial charge is 0.426 e. The van der Waals surface area contributed by atoms with Crippen LogP contribution in [0.2, 0.25) is 0 Å². The van der Waals surface area contributed by atoms with Gasteiger partial charge in [-0.25, -0.2) is 0 Å². The number of rotatable bonds is 11. The van der Waals surface area contributed by atoms with Crippen molar-refractivity contribution in [2.75, 3.05) is 32.9 Å². The van der Waals surface area contributed by atoms with Crippen LogP contribution in [0.3, 0.4) is 0 Å². The summed E-state index contributed by atoms with van der Waals surface area (Å²) >= 11 is 0. The molecule has 0 bridgehead atoms. The highest BCUT2D eigenvalue weighted by Crippen LogP contribution is 2.14. The molecule has 2 heterocycles. The van der Waals surface area contributed by atoms with E-state index in [2.05, 4.69) is 10.6 Å². The van der Waals surface area contributed by atoms with Crippen LogP contribution in [0, 0.1) is 0 Å². The molecule has 3 rings (SSSR count). The number of hydrogen-bond donors (Lipinski definition) is 4. The van der Waals surface area contributed by atoms with Gasteiger partial charge in [-0.2, -0.15) is 0 Å². The maximum absolute atomic E-state index is 13.1. The molecule has 35 heavy (non-hydrogen) atoms. The third kappa shape index (κ3) is 8.92. The molecule has 10 nitrogen and oxygen atoms in total. The standard InChI is InChI=1S/C24H36BN3O7/c29-22(28-12-15-34-16-13-28)17-19(26-24(31)20-10-4-5-14-35-20)23(30)27-21(25(32)33)11-6-9-18-7-2-1-3-8-18/h1-3,7-8,19-21,32-33H,4-6,9-17H2,(H,26,31)(H,27,30)/t19?,20-,21+/m1/s1. The highest BCUT2D eigenvalue weighted by molar-refractivity contribution is 6.43. The van der Waals surface area contributed by atoms with Crippen LogP contribution in [0.4, 0.5) is 0 Å². The predicted molar refractivity (Wildman–Crippen MR) is 129 cm³/mol. The van der Waals surface area contributed by atoms with Gasteiger partial charge in [0, 0.05) is 19.7 Å². The first-order chi connectivity index (χ1) is 16.9. The number of carbonyl (C=O) groups excluding carboxylic acids is 3. The number of nitrogens with one attached hydrogen (secondary N) is 2. The van der Waals surface area contributed by atoms with E-state index >= 15 is 0 Å². The Bertz CT molecular complexity index is 783. The number of aryl methyl sites for hydroxylation is 1. The Kier molecular flexibility index (Phi) is 11.0. The van der Waals surface area contributed by atoms with Gasteiger partial charge in [0.05, 0.1) is 25.6 Å². The topological polar surface area (TPSA) is 137 Å². The van der Waals surface area contributed by atoms with E-state index in [1.165, 1.54) is 0 Å². The van der Waals surface area contributed by atoms with E-state index in [0.717, 1.165) is 18.4 Å². The lowest BCUT2D eigenvalue weighted by Gasteiger charge is -2.30. The molecule has 192 valence electrons. The van der Waals surface area contributed by atoms with Gasteiger partial charge >= 0.3 is 7.12 Å². The number of carbonyl (C=O) groups is 3. The fourth-order valence-corrected chi connectivity index (χ4v) is 4.29. The number of nitrogens with zero attached hydrogens (tertiary/aromatic N) is 1. The Morgan fingerprint density at radius 1 is 1.06 bits per heavy atom. The van der Waals surface area contributed by atoms with Crippen molar-refractivity contribution in [2.24, 2.45) is 0 Å². The first kappa shape index (κ1) is 27.1. The SMILES string of the molecule is O=C(N[C@@H](CCCc1ccccc1)B(O)O)C(CC(=O)N1CCOCC1)NC(=O)[C@H]1CCCCO1. The average Bonchev–Trinajstić information content (AvgIpc) is 2.89. The molecule has 0 radical (unpaired) electrons. The Morgan fingerprint density at radius 2 is 1.80 bits per heavy atom. The second-order valence-corrected chi connectivity index (χ2v) is 9.02. The van der Waals surface area contributed by atoms with Gasteiger partial charge in [-0.15, -0.1) is 0 Å². The van der Waals surface area contributed by atoms with E-state index < -0.39 is 37.0 Å². The van der Waals surface area contributed by atoms with Crippen molar-refractivity contribution in [1.82, 2.24) is 15.5 Å². The lowest BCUT2D eigenvalue weighted by atomic mass is 9.76. The second kappa shape index (κ2) is 14.2. The zero-order valence-corrected chi connectivity index (χ0v) is 20.1. The van der Waals surface area contributed by atoms with Gasteiger partial charge in [-0.05, 0) is 44.1 Å². The van der Waals surface area contributed by atoms with E-state index in [4.69, 9.17) is 9.47 Å². The molecule has 2 aliphatic rings. The maximum atomic E-state index is 13.1. The maximum Gasteiger partial charge on any atom is 0.475 e. The zero-order valence-electron chi connectivity index (χ0n) is 20.1. The Morgan fingerprint density at radius 3 is 2.46 bits per heavy atom. The molecule has 2 fully saturated rings. The van der Waals surface area contributed by atoms with Crippen molar-refractivity contribution in [1.29, 1.82) is 0 Å². The Balaban J connectivity index is 1.61. The van der Waals surface area contributed by atoms with Crippen LogP contribution in [-0.2, 0) is 30.3 Å². The lowest BCUT2D eigenvalue weighted by Crippen LogP contribution is -2.57. The molecule has 1 aromatic carbocycles. The third-order valence-corrected chi connectivity index (χ3v) is 6.36. The molecule has 0 aliphatic carbocycles. The van der Waals surface area contributed by atoms with Gasteiger partial charge in [-0.1, -0.05) is 30.3 Å². The van der Waals surface area contributed by atoms with E-state index in [1.807, 2.05) is 30.3 Å². The first-order valence-electron chi connectivity index (χ1n) is 12.4. The molecular weight excluding hydrogens is 453 g/mol. The van der Waals surface area contributed by atoms with Gasteiger partial charge in [0.15, 0.2) is 0 Å². The highest BCUT2D eigenvalue weighted by atomic mass is 16.5. The van der Waals surface area contributed by atoms with Crippen molar-refractivity contribution in [2.45, 2.75) is 63.0 Å². The monoisotopic (exact) mass is 489 g/mol. The van der Waals surface area contributed by atoms with Crippen molar-refractivity contribution in [3.8, 4) is 0 Å². The zero-order chi connectivity index (χ0) is 25.0. The first-order valence-corrected chi connectivity index (χ1v) is 12.4. The summed E-state index contributed by atoms with van der Waals surface area (Å²) < 4.78 is 10.8. The van der Waals surface area contributed by atoms with Crippen molar-refractivity contribution >= 4 is 24.8 Å². The highest BCUT2D eigenvalue weighted by Gasteiger charge is 2.33.